The van der Waals surface area contributed by atoms with Gasteiger partial charge in [0.25, 0.3) is 0 Å². The molecule has 3 rings (SSSR count). The lowest BCUT2D eigenvalue weighted by Crippen LogP contribution is -2.05. The number of benzene rings is 2. The van der Waals surface area contributed by atoms with Gasteiger partial charge in [-0.3, -0.25) is 0 Å². The lowest BCUT2D eigenvalue weighted by Gasteiger charge is -2.21. The largest absolute Gasteiger partial charge is 0.160 e. The highest BCUT2D eigenvalue weighted by Crippen LogP contribution is 2.33. The molecule has 2 aromatic carbocycles. The minimum absolute atomic E-state index is 0.190. The molecule has 0 aliphatic heterocycles. The van der Waals surface area contributed by atoms with Crippen LogP contribution < -0.4 is 0 Å². The molecule has 0 saturated heterocycles. The molecule has 0 N–H and O–H groups in total. The fourth-order valence-corrected chi connectivity index (χ4v) is 4.52. The average molecular weight is 283 g/mol. The molecule has 0 bridgehead atoms. The maximum atomic E-state index is 2.37. The molecule has 1 atom stereocenters. The molecule has 104 valence electrons. The van der Waals surface area contributed by atoms with E-state index in [0.29, 0.717) is 0 Å². The molecule has 0 heterocycles. The summed E-state index contributed by atoms with van der Waals surface area (Å²) in [6, 6.07) is 20.3. The van der Waals surface area contributed by atoms with Crippen LogP contribution in [0.5, 0.6) is 0 Å². The van der Waals surface area contributed by atoms with E-state index in [9.17, 15) is 0 Å². The van der Waals surface area contributed by atoms with E-state index >= 15 is 0 Å². The van der Waals surface area contributed by atoms with Crippen molar-refractivity contribution in [1.82, 2.24) is 0 Å². The molecule has 0 nitrogen and oxygen atoms in total. The summed E-state index contributed by atoms with van der Waals surface area (Å²) in [6.45, 7) is 0. The maximum absolute atomic E-state index is 2.37. The van der Waals surface area contributed by atoms with Crippen LogP contribution in [0.2, 0.25) is 0 Å². The Hall–Kier alpha value is -1.21. The third-order valence-corrected chi connectivity index (χ3v) is 6.37. The summed E-state index contributed by atoms with van der Waals surface area (Å²) in [5.74, 6) is 0.813. The summed E-state index contributed by atoms with van der Waals surface area (Å²) in [7, 11) is 0.190. The van der Waals surface area contributed by atoms with Gasteiger partial charge in [0.2, 0.25) is 0 Å². The maximum Gasteiger partial charge on any atom is 0.160 e. The van der Waals surface area contributed by atoms with E-state index in [1.807, 2.05) is 0 Å². The molecular weight excluding hydrogens is 260 g/mol. The summed E-state index contributed by atoms with van der Waals surface area (Å²) in [5.41, 5.74) is 1.55. The zero-order valence-electron chi connectivity index (χ0n) is 12.2. The zero-order chi connectivity index (χ0) is 13.8. The van der Waals surface area contributed by atoms with Gasteiger partial charge in [-0.1, -0.05) is 49.6 Å². The van der Waals surface area contributed by atoms with Gasteiger partial charge < -0.3 is 0 Å². The number of rotatable bonds is 3. The molecular formula is C19H23S+. The van der Waals surface area contributed by atoms with Crippen molar-refractivity contribution >= 4 is 10.9 Å². The van der Waals surface area contributed by atoms with Crippen LogP contribution in [0.3, 0.4) is 0 Å². The Morgan fingerprint density at radius 2 is 1.35 bits per heavy atom. The van der Waals surface area contributed by atoms with Crippen molar-refractivity contribution in [2.45, 2.75) is 47.8 Å². The molecule has 0 aromatic heterocycles. The van der Waals surface area contributed by atoms with Crippen LogP contribution >= 0.6 is 0 Å². The Morgan fingerprint density at radius 3 is 2.00 bits per heavy atom. The third kappa shape index (κ3) is 3.09. The second-order valence-corrected chi connectivity index (χ2v) is 7.69. The molecule has 1 unspecified atom stereocenters. The summed E-state index contributed by atoms with van der Waals surface area (Å²) in [4.78, 5) is 2.88. The van der Waals surface area contributed by atoms with E-state index in [4.69, 9.17) is 0 Å². The highest BCUT2D eigenvalue weighted by Gasteiger charge is 2.20. The van der Waals surface area contributed by atoms with Crippen LogP contribution in [0.25, 0.3) is 0 Å². The third-order valence-electron chi connectivity index (χ3n) is 4.41. The average Bonchev–Trinajstić information content (AvgIpc) is 2.56. The first-order valence-corrected chi connectivity index (χ1v) is 9.29. The second kappa shape index (κ2) is 6.49. The number of hydrogen-bond donors (Lipinski definition) is 0. The summed E-state index contributed by atoms with van der Waals surface area (Å²) in [6.07, 6.45) is 9.35. The van der Waals surface area contributed by atoms with Gasteiger partial charge in [-0.25, -0.2) is 0 Å². The van der Waals surface area contributed by atoms with Crippen LogP contribution in [-0.4, -0.2) is 6.26 Å². The van der Waals surface area contributed by atoms with Gasteiger partial charge in [0.1, 0.15) is 6.26 Å². The molecule has 1 aliphatic carbocycles. The van der Waals surface area contributed by atoms with Gasteiger partial charge in [0, 0.05) is 0 Å². The first kappa shape index (κ1) is 13.8. The van der Waals surface area contributed by atoms with Crippen LogP contribution in [0.15, 0.2) is 64.4 Å². The van der Waals surface area contributed by atoms with Gasteiger partial charge in [-0.05, 0) is 48.6 Å². The Kier molecular flexibility index (Phi) is 4.47. The fourth-order valence-electron chi connectivity index (χ4n) is 3.14. The normalized spacial score (nSPS) is 17.9. The standard InChI is InChI=1S/C19H23S/c1-20(18-10-6-3-7-11-18)19-14-12-17(13-15-19)16-8-4-2-5-9-16/h3,6-7,10-16H,2,4-5,8-9H2,1H3/q+1. The Labute approximate surface area is 125 Å². The van der Waals surface area contributed by atoms with Crippen LogP contribution in [0.4, 0.5) is 0 Å². The minimum atomic E-state index is 0.190. The number of hydrogen-bond acceptors (Lipinski definition) is 0. The second-order valence-electron chi connectivity index (χ2n) is 5.73. The van der Waals surface area contributed by atoms with E-state index in [0.717, 1.165) is 5.92 Å². The zero-order valence-corrected chi connectivity index (χ0v) is 13.0. The van der Waals surface area contributed by atoms with E-state index in [-0.39, 0.29) is 10.9 Å². The lowest BCUT2D eigenvalue weighted by atomic mass is 9.84. The molecule has 1 fully saturated rings. The van der Waals surface area contributed by atoms with Gasteiger partial charge >= 0.3 is 0 Å². The predicted molar refractivity (Wildman–Crippen MR) is 88.5 cm³/mol. The summed E-state index contributed by atoms with van der Waals surface area (Å²) >= 11 is 0. The smallest absolute Gasteiger partial charge is 0.0619 e. The molecule has 0 spiro atoms. The van der Waals surface area contributed by atoms with Gasteiger partial charge in [-0.2, -0.15) is 0 Å². The molecule has 1 heteroatoms. The quantitative estimate of drug-likeness (QED) is 0.662. The molecule has 2 aromatic rings. The fraction of sp³-hybridized carbons (Fsp3) is 0.368. The van der Waals surface area contributed by atoms with E-state index in [2.05, 4.69) is 60.9 Å². The van der Waals surface area contributed by atoms with Crippen molar-refractivity contribution in [3.63, 3.8) is 0 Å². The summed E-state index contributed by atoms with van der Waals surface area (Å²) in [5, 5.41) is 0. The SMILES string of the molecule is C[S+](c1ccccc1)c1ccc(C2CCCCC2)cc1. The predicted octanol–water partition coefficient (Wildman–Crippen LogP) is 5.40. The van der Waals surface area contributed by atoms with Crippen LogP contribution in [0, 0.1) is 0 Å². The van der Waals surface area contributed by atoms with Crippen molar-refractivity contribution in [2.75, 3.05) is 6.26 Å². The Morgan fingerprint density at radius 1 is 0.750 bits per heavy atom. The van der Waals surface area contributed by atoms with E-state index in [1.165, 1.54) is 41.9 Å². The molecule has 0 amide bonds. The Balaban J connectivity index is 1.75. The topological polar surface area (TPSA) is 0 Å². The Bertz CT molecular complexity index is 523. The van der Waals surface area contributed by atoms with Gasteiger partial charge in [0.15, 0.2) is 9.79 Å². The van der Waals surface area contributed by atoms with Crippen molar-refractivity contribution in [1.29, 1.82) is 0 Å². The van der Waals surface area contributed by atoms with Crippen molar-refractivity contribution in [3.8, 4) is 0 Å². The minimum Gasteiger partial charge on any atom is -0.0619 e. The highest BCUT2D eigenvalue weighted by molar-refractivity contribution is 7.96. The molecule has 20 heavy (non-hydrogen) atoms. The van der Waals surface area contributed by atoms with Crippen molar-refractivity contribution < 1.29 is 0 Å². The lowest BCUT2D eigenvalue weighted by molar-refractivity contribution is 0.443. The van der Waals surface area contributed by atoms with E-state index in [1.54, 1.807) is 5.56 Å². The monoisotopic (exact) mass is 283 g/mol. The summed E-state index contributed by atoms with van der Waals surface area (Å²) < 4.78 is 0. The van der Waals surface area contributed by atoms with Crippen LogP contribution in [-0.2, 0) is 10.9 Å². The van der Waals surface area contributed by atoms with Crippen molar-refractivity contribution in [3.05, 3.63) is 60.2 Å². The molecule has 0 radical (unpaired) electrons. The van der Waals surface area contributed by atoms with Crippen molar-refractivity contribution in [2.24, 2.45) is 0 Å². The van der Waals surface area contributed by atoms with Gasteiger partial charge in [0.05, 0.1) is 10.9 Å². The highest BCUT2D eigenvalue weighted by atomic mass is 32.2. The first-order chi connectivity index (χ1) is 9.84. The molecule has 1 aliphatic rings. The van der Waals surface area contributed by atoms with E-state index < -0.39 is 0 Å². The first-order valence-electron chi connectivity index (χ1n) is 7.65. The van der Waals surface area contributed by atoms with Gasteiger partial charge in [-0.15, -0.1) is 0 Å². The van der Waals surface area contributed by atoms with Crippen LogP contribution in [0.1, 0.15) is 43.6 Å². The molecule has 1 saturated carbocycles.